The maximum atomic E-state index is 11.7. The number of anilines is 2. The molecule has 0 atom stereocenters. The third-order valence-electron chi connectivity index (χ3n) is 2.27. The average Bonchev–Trinajstić information content (AvgIpc) is 2.76. The fourth-order valence-electron chi connectivity index (χ4n) is 1.41. The van der Waals surface area contributed by atoms with Gasteiger partial charge in [0.25, 0.3) is 0 Å². The molecule has 94 valence electrons. The Labute approximate surface area is 117 Å². The van der Waals surface area contributed by atoms with Gasteiger partial charge in [-0.25, -0.2) is 4.98 Å². The Bertz CT molecular complexity index is 539. The number of amides is 1. The van der Waals surface area contributed by atoms with Crippen molar-refractivity contribution in [2.75, 3.05) is 11.1 Å². The van der Waals surface area contributed by atoms with E-state index in [1.807, 2.05) is 11.4 Å². The summed E-state index contributed by atoms with van der Waals surface area (Å²) in [4.78, 5) is 16.9. The first kappa shape index (κ1) is 13.0. The summed E-state index contributed by atoms with van der Waals surface area (Å²) in [5.41, 5.74) is 6.10. The highest BCUT2D eigenvalue weighted by molar-refractivity contribution is 9.10. The van der Waals surface area contributed by atoms with Gasteiger partial charge in [0.1, 0.15) is 5.82 Å². The predicted octanol–water partition coefficient (Wildman–Crippen LogP) is 3.06. The Morgan fingerprint density at radius 3 is 2.94 bits per heavy atom. The van der Waals surface area contributed by atoms with E-state index in [0.717, 1.165) is 10.9 Å². The van der Waals surface area contributed by atoms with E-state index in [1.54, 1.807) is 23.5 Å². The highest BCUT2D eigenvalue weighted by atomic mass is 79.9. The molecule has 0 aliphatic carbocycles. The summed E-state index contributed by atoms with van der Waals surface area (Å²) in [6.45, 7) is 0. The number of carbonyl (C=O) groups is 1. The molecule has 0 fully saturated rings. The maximum Gasteiger partial charge on any atom is 0.225 e. The van der Waals surface area contributed by atoms with Crippen molar-refractivity contribution in [3.05, 3.63) is 39.1 Å². The Balaban J connectivity index is 1.83. The number of pyridine rings is 1. The number of carbonyl (C=O) groups excluding carboxylic acids is 1. The summed E-state index contributed by atoms with van der Waals surface area (Å²) in [7, 11) is 0. The maximum absolute atomic E-state index is 11.7. The number of nitrogen functional groups attached to an aromatic ring is 1. The van der Waals surface area contributed by atoms with Gasteiger partial charge in [0.05, 0.1) is 11.9 Å². The molecule has 0 unspecified atom stereocenters. The van der Waals surface area contributed by atoms with Crippen LogP contribution in [0.4, 0.5) is 11.5 Å². The van der Waals surface area contributed by atoms with E-state index in [4.69, 9.17) is 5.73 Å². The topological polar surface area (TPSA) is 68.0 Å². The molecular formula is C12H12BrN3OS. The molecule has 0 spiro atoms. The molecular weight excluding hydrogens is 314 g/mol. The van der Waals surface area contributed by atoms with Crippen molar-refractivity contribution in [2.24, 2.45) is 0 Å². The lowest BCUT2D eigenvalue weighted by Crippen LogP contribution is -2.13. The molecule has 18 heavy (non-hydrogen) atoms. The highest BCUT2D eigenvalue weighted by Crippen LogP contribution is 2.21. The third kappa shape index (κ3) is 3.82. The summed E-state index contributed by atoms with van der Waals surface area (Å²) in [6, 6.07) is 5.42. The number of nitrogens with two attached hydrogens (primary N) is 1. The van der Waals surface area contributed by atoms with E-state index in [0.29, 0.717) is 17.9 Å². The largest absolute Gasteiger partial charge is 0.397 e. The number of rotatable bonds is 4. The molecule has 0 aliphatic heterocycles. The molecule has 2 aromatic rings. The van der Waals surface area contributed by atoms with Gasteiger partial charge in [0, 0.05) is 21.2 Å². The van der Waals surface area contributed by atoms with Gasteiger partial charge in [-0.1, -0.05) is 0 Å². The fourth-order valence-corrected chi connectivity index (χ4v) is 2.86. The third-order valence-corrected chi connectivity index (χ3v) is 4.03. The van der Waals surface area contributed by atoms with Crippen LogP contribution in [0, 0.1) is 0 Å². The number of hydrogen-bond acceptors (Lipinski definition) is 4. The quantitative estimate of drug-likeness (QED) is 0.907. The Kier molecular flexibility index (Phi) is 4.33. The second-order valence-electron chi connectivity index (χ2n) is 3.76. The second kappa shape index (κ2) is 5.97. The van der Waals surface area contributed by atoms with E-state index >= 15 is 0 Å². The van der Waals surface area contributed by atoms with Crippen LogP contribution in [0.5, 0.6) is 0 Å². The number of nitrogens with one attached hydrogen (secondary N) is 1. The number of halogens is 1. The summed E-state index contributed by atoms with van der Waals surface area (Å²) in [5, 5.41) is 4.74. The Morgan fingerprint density at radius 2 is 2.33 bits per heavy atom. The lowest BCUT2D eigenvalue weighted by Gasteiger charge is -2.03. The second-order valence-corrected chi connectivity index (χ2v) is 5.67. The van der Waals surface area contributed by atoms with Crippen LogP contribution < -0.4 is 11.1 Å². The summed E-state index contributed by atoms with van der Waals surface area (Å²) in [6.07, 6.45) is 2.70. The minimum absolute atomic E-state index is 0.0446. The van der Waals surface area contributed by atoms with Crippen LogP contribution in [0.15, 0.2) is 34.2 Å². The zero-order valence-electron chi connectivity index (χ0n) is 9.52. The molecule has 0 bridgehead atoms. The molecule has 0 aliphatic rings. The highest BCUT2D eigenvalue weighted by Gasteiger charge is 2.05. The van der Waals surface area contributed by atoms with Crippen molar-refractivity contribution in [3.8, 4) is 0 Å². The van der Waals surface area contributed by atoms with Gasteiger partial charge < -0.3 is 11.1 Å². The molecule has 2 aromatic heterocycles. The fraction of sp³-hybridized carbons (Fsp3) is 0.167. The van der Waals surface area contributed by atoms with Gasteiger partial charge in [0.15, 0.2) is 0 Å². The van der Waals surface area contributed by atoms with Gasteiger partial charge in [-0.05, 0) is 40.5 Å². The molecule has 3 N–H and O–H groups in total. The molecule has 0 saturated carbocycles. The molecule has 0 aromatic carbocycles. The SMILES string of the molecule is Nc1ccc(NC(=O)CCc2cc(Br)cs2)nc1. The molecule has 0 radical (unpaired) electrons. The smallest absolute Gasteiger partial charge is 0.225 e. The first-order chi connectivity index (χ1) is 8.63. The van der Waals surface area contributed by atoms with E-state index in [1.165, 1.54) is 11.1 Å². The van der Waals surface area contributed by atoms with Crippen LogP contribution in [0.3, 0.4) is 0 Å². The first-order valence-corrected chi connectivity index (χ1v) is 7.05. The standard InChI is InChI=1S/C12H12BrN3OS/c13-8-5-10(18-7-8)2-4-12(17)16-11-3-1-9(14)6-15-11/h1,3,5-7H,2,4,14H2,(H,15,16,17). The molecule has 4 nitrogen and oxygen atoms in total. The van der Waals surface area contributed by atoms with Gasteiger partial charge in [-0.2, -0.15) is 0 Å². The van der Waals surface area contributed by atoms with Gasteiger partial charge in [0.2, 0.25) is 5.91 Å². The molecule has 2 heterocycles. The molecule has 6 heteroatoms. The number of thiophene rings is 1. The number of hydrogen-bond donors (Lipinski definition) is 2. The molecule has 0 saturated heterocycles. The van der Waals surface area contributed by atoms with E-state index in [9.17, 15) is 4.79 Å². The molecule has 1 amide bonds. The van der Waals surface area contributed by atoms with E-state index < -0.39 is 0 Å². The number of aromatic nitrogens is 1. The normalized spacial score (nSPS) is 10.3. The van der Waals surface area contributed by atoms with Crippen LogP contribution in [-0.2, 0) is 11.2 Å². The van der Waals surface area contributed by atoms with Crippen LogP contribution >= 0.6 is 27.3 Å². The Hall–Kier alpha value is -1.40. The van der Waals surface area contributed by atoms with Gasteiger partial charge in [-0.15, -0.1) is 11.3 Å². The van der Waals surface area contributed by atoms with Gasteiger partial charge in [-0.3, -0.25) is 4.79 Å². The minimum atomic E-state index is -0.0446. The minimum Gasteiger partial charge on any atom is -0.397 e. The summed E-state index contributed by atoms with van der Waals surface area (Å²) in [5.74, 6) is 0.485. The van der Waals surface area contributed by atoms with E-state index in [2.05, 4.69) is 26.2 Å². The van der Waals surface area contributed by atoms with Crippen LogP contribution in [-0.4, -0.2) is 10.9 Å². The van der Waals surface area contributed by atoms with E-state index in [-0.39, 0.29) is 5.91 Å². The summed E-state index contributed by atoms with van der Waals surface area (Å²) >= 11 is 5.03. The average molecular weight is 326 g/mol. The summed E-state index contributed by atoms with van der Waals surface area (Å²) < 4.78 is 1.06. The van der Waals surface area contributed by atoms with Crippen LogP contribution in [0.2, 0.25) is 0 Å². The number of nitrogens with zero attached hydrogens (tertiary/aromatic N) is 1. The monoisotopic (exact) mass is 325 g/mol. The number of aryl methyl sites for hydroxylation is 1. The lowest BCUT2D eigenvalue weighted by atomic mass is 10.2. The van der Waals surface area contributed by atoms with Crippen LogP contribution in [0.1, 0.15) is 11.3 Å². The zero-order valence-corrected chi connectivity index (χ0v) is 11.9. The van der Waals surface area contributed by atoms with Crippen molar-refractivity contribution in [3.63, 3.8) is 0 Å². The Morgan fingerprint density at radius 1 is 1.50 bits per heavy atom. The van der Waals surface area contributed by atoms with Gasteiger partial charge >= 0.3 is 0 Å². The van der Waals surface area contributed by atoms with Crippen molar-refractivity contribution in [1.82, 2.24) is 4.98 Å². The van der Waals surface area contributed by atoms with Crippen LogP contribution in [0.25, 0.3) is 0 Å². The molecule has 2 rings (SSSR count). The van der Waals surface area contributed by atoms with Crippen molar-refractivity contribution >= 4 is 44.7 Å². The predicted molar refractivity (Wildman–Crippen MR) is 77.6 cm³/mol. The zero-order chi connectivity index (χ0) is 13.0. The van der Waals surface area contributed by atoms with Crippen molar-refractivity contribution < 1.29 is 4.79 Å². The lowest BCUT2D eigenvalue weighted by molar-refractivity contribution is -0.116. The van der Waals surface area contributed by atoms with Crippen molar-refractivity contribution in [1.29, 1.82) is 0 Å². The first-order valence-electron chi connectivity index (χ1n) is 5.38. The van der Waals surface area contributed by atoms with Crippen molar-refractivity contribution in [2.45, 2.75) is 12.8 Å².